The molecule has 18 heavy (non-hydrogen) atoms. The van der Waals surface area contributed by atoms with Crippen molar-refractivity contribution in [3.63, 3.8) is 0 Å². The summed E-state index contributed by atoms with van der Waals surface area (Å²) in [6, 6.07) is 6.52. The van der Waals surface area contributed by atoms with Crippen LogP contribution in [0.2, 0.25) is 0 Å². The fourth-order valence-corrected chi connectivity index (χ4v) is 2.95. The third-order valence-electron chi connectivity index (χ3n) is 2.47. The molecule has 2 nitrogen and oxygen atoms in total. The first-order valence-electron chi connectivity index (χ1n) is 5.91. The van der Waals surface area contributed by atoms with Crippen LogP contribution in [-0.2, 0) is 4.74 Å². The lowest BCUT2D eigenvalue weighted by Crippen LogP contribution is -2.23. The molecule has 0 bridgehead atoms. The van der Waals surface area contributed by atoms with Gasteiger partial charge in [-0.2, -0.15) is 0 Å². The molecule has 1 unspecified atom stereocenters. The molecule has 1 N–H and O–H groups in total. The van der Waals surface area contributed by atoms with Crippen LogP contribution in [0, 0.1) is 0 Å². The molecular formula is C14H19Br2NO. The summed E-state index contributed by atoms with van der Waals surface area (Å²) < 4.78 is 7.64. The molecule has 0 radical (unpaired) electrons. The molecular weight excluding hydrogens is 358 g/mol. The first kappa shape index (κ1) is 15.9. The Balaban J connectivity index is 2.36. The van der Waals surface area contributed by atoms with Crippen LogP contribution in [0.5, 0.6) is 0 Å². The van der Waals surface area contributed by atoms with Crippen molar-refractivity contribution in [2.75, 3.05) is 19.8 Å². The predicted octanol–water partition coefficient (Wildman–Crippen LogP) is 4.45. The molecule has 1 aromatic rings. The van der Waals surface area contributed by atoms with Gasteiger partial charge in [0.1, 0.15) is 0 Å². The summed E-state index contributed by atoms with van der Waals surface area (Å²) in [4.78, 5) is 0. The Hall–Kier alpha value is -0.160. The zero-order valence-electron chi connectivity index (χ0n) is 10.8. The standard InChI is InChI=1S/C14H19Br2NO/c1-10(2)9-18-7-6-17-11(3)13-5-4-12(15)8-14(13)16/h4-5,8,11,17H,1,6-7,9H2,2-3H3. The van der Waals surface area contributed by atoms with E-state index in [4.69, 9.17) is 4.74 Å². The molecule has 0 saturated carbocycles. The maximum absolute atomic E-state index is 5.45. The molecule has 0 aromatic heterocycles. The summed E-state index contributed by atoms with van der Waals surface area (Å²) in [6.45, 7) is 10.1. The Morgan fingerprint density at radius 3 is 2.78 bits per heavy atom. The first-order valence-corrected chi connectivity index (χ1v) is 7.49. The van der Waals surface area contributed by atoms with E-state index in [2.05, 4.69) is 68.9 Å². The second-order valence-corrected chi connectivity index (χ2v) is 6.12. The molecule has 0 aliphatic heterocycles. The second-order valence-electron chi connectivity index (χ2n) is 4.35. The first-order chi connectivity index (χ1) is 8.50. The molecule has 100 valence electrons. The largest absolute Gasteiger partial charge is 0.376 e. The minimum absolute atomic E-state index is 0.293. The van der Waals surface area contributed by atoms with Crippen molar-refractivity contribution in [3.05, 3.63) is 44.9 Å². The van der Waals surface area contributed by atoms with Gasteiger partial charge in [0.15, 0.2) is 0 Å². The topological polar surface area (TPSA) is 21.3 Å². The fraction of sp³-hybridized carbons (Fsp3) is 0.429. The van der Waals surface area contributed by atoms with Crippen LogP contribution in [0.3, 0.4) is 0 Å². The van der Waals surface area contributed by atoms with Gasteiger partial charge >= 0.3 is 0 Å². The highest BCUT2D eigenvalue weighted by Crippen LogP contribution is 2.26. The monoisotopic (exact) mass is 375 g/mol. The molecule has 0 heterocycles. The SMILES string of the molecule is C=C(C)COCCNC(C)c1ccc(Br)cc1Br. The van der Waals surface area contributed by atoms with Gasteiger partial charge in [-0.05, 0) is 31.5 Å². The van der Waals surface area contributed by atoms with Gasteiger partial charge in [-0.25, -0.2) is 0 Å². The molecule has 0 saturated heterocycles. The van der Waals surface area contributed by atoms with Crippen molar-refractivity contribution < 1.29 is 4.74 Å². The molecule has 1 rings (SSSR count). The van der Waals surface area contributed by atoms with Crippen molar-refractivity contribution >= 4 is 31.9 Å². The molecule has 0 fully saturated rings. The van der Waals surface area contributed by atoms with E-state index in [9.17, 15) is 0 Å². The van der Waals surface area contributed by atoms with Gasteiger partial charge in [0.2, 0.25) is 0 Å². The van der Waals surface area contributed by atoms with E-state index in [1.54, 1.807) is 0 Å². The maximum atomic E-state index is 5.45. The zero-order valence-corrected chi connectivity index (χ0v) is 14.0. The number of hydrogen-bond acceptors (Lipinski definition) is 2. The van der Waals surface area contributed by atoms with Crippen LogP contribution in [0.1, 0.15) is 25.5 Å². The molecule has 1 atom stereocenters. The quantitative estimate of drug-likeness (QED) is 0.560. The van der Waals surface area contributed by atoms with Crippen molar-refractivity contribution in [1.82, 2.24) is 5.32 Å². The normalized spacial score (nSPS) is 12.4. The summed E-state index contributed by atoms with van der Waals surface area (Å²) in [5.41, 5.74) is 2.30. The van der Waals surface area contributed by atoms with E-state index in [1.807, 2.05) is 6.92 Å². The third-order valence-corrected chi connectivity index (χ3v) is 3.65. The van der Waals surface area contributed by atoms with E-state index in [-0.39, 0.29) is 0 Å². The molecule has 1 aromatic carbocycles. The summed E-state index contributed by atoms with van der Waals surface area (Å²) in [5.74, 6) is 0. The minimum Gasteiger partial charge on any atom is -0.376 e. The van der Waals surface area contributed by atoms with Crippen LogP contribution in [0.4, 0.5) is 0 Å². The Labute approximate surface area is 126 Å². The highest BCUT2D eigenvalue weighted by molar-refractivity contribution is 9.11. The molecule has 0 amide bonds. The average Bonchev–Trinajstić information content (AvgIpc) is 2.27. The van der Waals surface area contributed by atoms with Crippen molar-refractivity contribution in [2.24, 2.45) is 0 Å². The van der Waals surface area contributed by atoms with Gasteiger partial charge in [-0.15, -0.1) is 0 Å². The van der Waals surface area contributed by atoms with E-state index in [1.165, 1.54) is 5.56 Å². The number of benzene rings is 1. The lowest BCUT2D eigenvalue weighted by Gasteiger charge is -2.16. The number of halogens is 2. The van der Waals surface area contributed by atoms with Crippen molar-refractivity contribution in [2.45, 2.75) is 19.9 Å². The molecule has 0 aliphatic carbocycles. The van der Waals surface area contributed by atoms with Gasteiger partial charge in [-0.3, -0.25) is 0 Å². The lowest BCUT2D eigenvalue weighted by atomic mass is 10.1. The Bertz CT molecular complexity index is 407. The van der Waals surface area contributed by atoms with Gasteiger partial charge in [0, 0.05) is 21.5 Å². The third kappa shape index (κ3) is 5.65. The Kier molecular flexibility index (Phi) is 7.15. The summed E-state index contributed by atoms with van der Waals surface area (Å²) in [6.07, 6.45) is 0. The van der Waals surface area contributed by atoms with Crippen LogP contribution >= 0.6 is 31.9 Å². The number of rotatable bonds is 7. The summed E-state index contributed by atoms with van der Waals surface area (Å²) in [7, 11) is 0. The van der Waals surface area contributed by atoms with Crippen LogP contribution in [0.15, 0.2) is 39.3 Å². The second kappa shape index (κ2) is 8.10. The number of hydrogen-bond donors (Lipinski definition) is 1. The highest BCUT2D eigenvalue weighted by Gasteiger charge is 2.08. The molecule has 4 heteroatoms. The van der Waals surface area contributed by atoms with Gasteiger partial charge in [0.25, 0.3) is 0 Å². The van der Waals surface area contributed by atoms with Crippen molar-refractivity contribution in [3.8, 4) is 0 Å². The smallest absolute Gasteiger partial charge is 0.0672 e. The molecule has 0 spiro atoms. The zero-order chi connectivity index (χ0) is 13.5. The molecule has 0 aliphatic rings. The van der Waals surface area contributed by atoms with E-state index >= 15 is 0 Å². The summed E-state index contributed by atoms with van der Waals surface area (Å²) in [5, 5.41) is 3.43. The maximum Gasteiger partial charge on any atom is 0.0672 e. The number of nitrogens with one attached hydrogen (secondary N) is 1. The van der Waals surface area contributed by atoms with E-state index in [0.717, 1.165) is 21.1 Å². The fourth-order valence-electron chi connectivity index (χ4n) is 1.56. The van der Waals surface area contributed by atoms with Gasteiger partial charge in [0.05, 0.1) is 13.2 Å². The summed E-state index contributed by atoms with van der Waals surface area (Å²) >= 11 is 7.03. The van der Waals surface area contributed by atoms with Gasteiger partial charge in [-0.1, -0.05) is 50.1 Å². The Morgan fingerprint density at radius 1 is 1.44 bits per heavy atom. The van der Waals surface area contributed by atoms with E-state index in [0.29, 0.717) is 19.3 Å². The van der Waals surface area contributed by atoms with Crippen LogP contribution in [0.25, 0.3) is 0 Å². The van der Waals surface area contributed by atoms with Crippen LogP contribution in [-0.4, -0.2) is 19.8 Å². The van der Waals surface area contributed by atoms with E-state index < -0.39 is 0 Å². The van der Waals surface area contributed by atoms with Crippen LogP contribution < -0.4 is 5.32 Å². The minimum atomic E-state index is 0.293. The highest BCUT2D eigenvalue weighted by atomic mass is 79.9. The lowest BCUT2D eigenvalue weighted by molar-refractivity contribution is 0.156. The Morgan fingerprint density at radius 2 is 2.17 bits per heavy atom. The van der Waals surface area contributed by atoms with Crippen molar-refractivity contribution in [1.29, 1.82) is 0 Å². The average molecular weight is 377 g/mol. The van der Waals surface area contributed by atoms with Gasteiger partial charge < -0.3 is 10.1 Å². The number of ether oxygens (including phenoxy) is 1. The predicted molar refractivity (Wildman–Crippen MR) is 83.9 cm³/mol.